The first-order valence-electron chi connectivity index (χ1n) is 5.48. The SMILES string of the molecule is N#Cc1ccc(OCC(=O)Nc2ncccn2)cc1. The molecule has 0 radical (unpaired) electrons. The van der Waals surface area contributed by atoms with Gasteiger partial charge in [-0.15, -0.1) is 0 Å². The normalized spacial score (nSPS) is 9.42. The van der Waals surface area contributed by atoms with Gasteiger partial charge in [-0.05, 0) is 30.3 Å². The van der Waals surface area contributed by atoms with Gasteiger partial charge >= 0.3 is 0 Å². The standard InChI is InChI=1S/C13H10N4O2/c14-8-10-2-4-11(5-3-10)19-9-12(18)17-13-15-6-1-7-16-13/h1-7H,9H2,(H,15,16,17,18). The van der Waals surface area contributed by atoms with Crippen LogP contribution in [0.3, 0.4) is 0 Å². The molecule has 0 saturated heterocycles. The average molecular weight is 254 g/mol. The Morgan fingerprint density at radius 3 is 2.58 bits per heavy atom. The lowest BCUT2D eigenvalue weighted by molar-refractivity contribution is -0.118. The fraction of sp³-hybridized carbons (Fsp3) is 0.0769. The summed E-state index contributed by atoms with van der Waals surface area (Å²) in [6.07, 6.45) is 3.06. The number of amides is 1. The van der Waals surface area contributed by atoms with E-state index in [0.717, 1.165) is 0 Å². The van der Waals surface area contributed by atoms with E-state index < -0.39 is 0 Å². The van der Waals surface area contributed by atoms with Gasteiger partial charge in [0.25, 0.3) is 5.91 Å². The summed E-state index contributed by atoms with van der Waals surface area (Å²) in [4.78, 5) is 19.3. The Morgan fingerprint density at radius 2 is 1.95 bits per heavy atom. The summed E-state index contributed by atoms with van der Waals surface area (Å²) in [5, 5.41) is 11.1. The smallest absolute Gasteiger partial charge is 0.264 e. The van der Waals surface area contributed by atoms with Gasteiger partial charge in [-0.3, -0.25) is 10.1 Å². The predicted molar refractivity (Wildman–Crippen MR) is 67.3 cm³/mol. The quantitative estimate of drug-likeness (QED) is 0.890. The van der Waals surface area contributed by atoms with Crippen molar-refractivity contribution < 1.29 is 9.53 Å². The molecule has 1 N–H and O–H groups in total. The summed E-state index contributed by atoms with van der Waals surface area (Å²) in [5.74, 6) is 0.398. The maximum atomic E-state index is 11.5. The van der Waals surface area contributed by atoms with Gasteiger partial charge in [0.15, 0.2) is 6.61 Å². The maximum Gasteiger partial charge on any atom is 0.264 e. The molecular weight excluding hydrogens is 244 g/mol. The molecule has 19 heavy (non-hydrogen) atoms. The molecule has 0 saturated carbocycles. The Kier molecular flexibility index (Phi) is 4.03. The molecule has 0 aliphatic carbocycles. The molecule has 0 aliphatic heterocycles. The topological polar surface area (TPSA) is 87.9 Å². The van der Waals surface area contributed by atoms with Crippen molar-refractivity contribution >= 4 is 11.9 Å². The zero-order valence-corrected chi connectivity index (χ0v) is 9.91. The minimum atomic E-state index is -0.351. The lowest BCUT2D eigenvalue weighted by Gasteiger charge is -2.06. The van der Waals surface area contributed by atoms with E-state index in [-0.39, 0.29) is 18.5 Å². The second-order valence-corrected chi connectivity index (χ2v) is 3.55. The van der Waals surface area contributed by atoms with Crippen LogP contribution in [0.1, 0.15) is 5.56 Å². The van der Waals surface area contributed by atoms with Gasteiger partial charge in [0, 0.05) is 12.4 Å². The van der Waals surface area contributed by atoms with Gasteiger partial charge in [0.1, 0.15) is 5.75 Å². The zero-order valence-electron chi connectivity index (χ0n) is 9.91. The Labute approximate surface area is 109 Å². The van der Waals surface area contributed by atoms with Crippen LogP contribution in [0.15, 0.2) is 42.7 Å². The van der Waals surface area contributed by atoms with Crippen molar-refractivity contribution in [3.05, 3.63) is 48.3 Å². The maximum absolute atomic E-state index is 11.5. The number of anilines is 1. The molecule has 94 valence electrons. The van der Waals surface area contributed by atoms with Crippen LogP contribution < -0.4 is 10.1 Å². The van der Waals surface area contributed by atoms with E-state index in [4.69, 9.17) is 10.00 Å². The fourth-order valence-corrected chi connectivity index (χ4v) is 1.30. The first-order chi connectivity index (χ1) is 9.28. The van der Waals surface area contributed by atoms with E-state index in [0.29, 0.717) is 11.3 Å². The van der Waals surface area contributed by atoms with E-state index in [1.54, 1.807) is 30.3 Å². The molecule has 0 atom stereocenters. The third kappa shape index (κ3) is 3.78. The third-order valence-corrected chi connectivity index (χ3v) is 2.17. The van der Waals surface area contributed by atoms with Crippen LogP contribution in [0.5, 0.6) is 5.75 Å². The number of aromatic nitrogens is 2. The van der Waals surface area contributed by atoms with Gasteiger partial charge in [-0.1, -0.05) is 0 Å². The molecule has 2 aromatic rings. The Hall–Kier alpha value is -2.94. The van der Waals surface area contributed by atoms with E-state index in [1.165, 1.54) is 12.4 Å². The largest absolute Gasteiger partial charge is 0.484 e. The van der Waals surface area contributed by atoms with E-state index in [9.17, 15) is 4.79 Å². The summed E-state index contributed by atoms with van der Waals surface area (Å²) < 4.78 is 5.26. The number of nitrogens with zero attached hydrogens (tertiary/aromatic N) is 3. The van der Waals surface area contributed by atoms with Crippen molar-refractivity contribution in [2.24, 2.45) is 0 Å². The van der Waals surface area contributed by atoms with Crippen molar-refractivity contribution in [2.45, 2.75) is 0 Å². The lowest BCUT2D eigenvalue weighted by atomic mass is 10.2. The highest BCUT2D eigenvalue weighted by Crippen LogP contribution is 2.11. The second-order valence-electron chi connectivity index (χ2n) is 3.55. The van der Waals surface area contributed by atoms with E-state index >= 15 is 0 Å². The number of carbonyl (C=O) groups excluding carboxylic acids is 1. The van der Waals surface area contributed by atoms with E-state index in [1.807, 2.05) is 6.07 Å². The molecule has 0 unspecified atom stereocenters. The van der Waals surface area contributed by atoms with Crippen molar-refractivity contribution in [3.8, 4) is 11.8 Å². The Balaban J connectivity index is 1.85. The summed E-state index contributed by atoms with van der Waals surface area (Å²) in [7, 11) is 0. The van der Waals surface area contributed by atoms with Crippen LogP contribution in [0.2, 0.25) is 0 Å². The molecule has 1 aromatic carbocycles. The van der Waals surface area contributed by atoms with Crippen LogP contribution in [-0.2, 0) is 4.79 Å². The number of hydrogen-bond acceptors (Lipinski definition) is 5. The fourth-order valence-electron chi connectivity index (χ4n) is 1.30. The second kappa shape index (κ2) is 6.12. The summed E-state index contributed by atoms with van der Waals surface area (Å²) in [5.41, 5.74) is 0.537. The Bertz CT molecular complexity index is 590. The van der Waals surface area contributed by atoms with Crippen molar-refractivity contribution in [1.29, 1.82) is 5.26 Å². The highest BCUT2D eigenvalue weighted by atomic mass is 16.5. The highest BCUT2D eigenvalue weighted by molar-refractivity contribution is 5.90. The van der Waals surface area contributed by atoms with Gasteiger partial charge in [-0.25, -0.2) is 9.97 Å². The molecule has 0 fully saturated rings. The lowest BCUT2D eigenvalue weighted by Crippen LogP contribution is -2.21. The van der Waals surface area contributed by atoms with Gasteiger partial charge < -0.3 is 4.74 Å². The first kappa shape index (κ1) is 12.5. The predicted octanol–water partition coefficient (Wildman–Crippen LogP) is 1.37. The molecule has 2 rings (SSSR count). The third-order valence-electron chi connectivity index (χ3n) is 2.17. The summed E-state index contributed by atoms with van der Waals surface area (Å²) in [6.45, 7) is -0.149. The molecule has 0 spiro atoms. The first-order valence-corrected chi connectivity index (χ1v) is 5.48. The zero-order chi connectivity index (χ0) is 13.5. The number of carbonyl (C=O) groups is 1. The number of nitriles is 1. The van der Waals surface area contributed by atoms with Crippen LogP contribution >= 0.6 is 0 Å². The minimum Gasteiger partial charge on any atom is -0.484 e. The molecule has 6 heteroatoms. The number of hydrogen-bond donors (Lipinski definition) is 1. The van der Waals surface area contributed by atoms with Crippen LogP contribution in [0.4, 0.5) is 5.95 Å². The van der Waals surface area contributed by atoms with Crippen molar-refractivity contribution in [1.82, 2.24) is 9.97 Å². The van der Waals surface area contributed by atoms with Crippen molar-refractivity contribution in [3.63, 3.8) is 0 Å². The minimum absolute atomic E-state index is 0.149. The van der Waals surface area contributed by atoms with Gasteiger partial charge in [0.05, 0.1) is 11.6 Å². The molecule has 0 bridgehead atoms. The van der Waals surface area contributed by atoms with Crippen LogP contribution in [-0.4, -0.2) is 22.5 Å². The summed E-state index contributed by atoms with van der Waals surface area (Å²) >= 11 is 0. The number of rotatable bonds is 4. The number of nitrogens with one attached hydrogen (secondary N) is 1. The molecule has 0 aliphatic rings. The molecular formula is C13H10N4O2. The van der Waals surface area contributed by atoms with E-state index in [2.05, 4.69) is 15.3 Å². The summed E-state index contributed by atoms with van der Waals surface area (Å²) in [6, 6.07) is 10.2. The monoisotopic (exact) mass is 254 g/mol. The molecule has 1 amide bonds. The number of ether oxygens (including phenoxy) is 1. The van der Waals surface area contributed by atoms with Gasteiger partial charge in [-0.2, -0.15) is 5.26 Å². The molecule has 1 heterocycles. The van der Waals surface area contributed by atoms with Crippen LogP contribution in [0.25, 0.3) is 0 Å². The van der Waals surface area contributed by atoms with Crippen LogP contribution in [0, 0.1) is 11.3 Å². The molecule has 1 aromatic heterocycles. The highest BCUT2D eigenvalue weighted by Gasteiger charge is 2.04. The number of benzene rings is 1. The Morgan fingerprint density at radius 1 is 1.26 bits per heavy atom. The van der Waals surface area contributed by atoms with Crippen molar-refractivity contribution in [2.75, 3.05) is 11.9 Å². The van der Waals surface area contributed by atoms with Gasteiger partial charge in [0.2, 0.25) is 5.95 Å². The average Bonchev–Trinajstić information content (AvgIpc) is 2.47. The molecule has 6 nitrogen and oxygen atoms in total.